The maximum absolute atomic E-state index is 11.1. The number of hydrogen-bond donors (Lipinski definition) is 3. The Labute approximate surface area is 83.9 Å². The van der Waals surface area contributed by atoms with E-state index in [2.05, 4.69) is 24.3 Å². The molecule has 0 radical (unpaired) electrons. The highest BCUT2D eigenvalue weighted by atomic mass is 16.2. The predicted molar refractivity (Wildman–Crippen MR) is 55.6 cm³/mol. The first-order chi connectivity index (χ1) is 6.63. The number of rotatable bonds is 4. The summed E-state index contributed by atoms with van der Waals surface area (Å²) in [6, 6.07) is 3.67. The zero-order chi connectivity index (χ0) is 10.6. The average Bonchev–Trinajstić information content (AvgIpc) is 2.62. The number of aryl methyl sites for hydroxylation is 1. The summed E-state index contributed by atoms with van der Waals surface area (Å²) in [7, 11) is 0. The van der Waals surface area contributed by atoms with Crippen molar-refractivity contribution >= 4 is 5.91 Å². The predicted octanol–water partition coefficient (Wildman–Crippen LogP) is 1.21. The van der Waals surface area contributed by atoms with Crippen LogP contribution in [0.5, 0.6) is 0 Å². The van der Waals surface area contributed by atoms with E-state index in [1.165, 1.54) is 0 Å². The maximum atomic E-state index is 11.1. The van der Waals surface area contributed by atoms with Gasteiger partial charge in [0.05, 0.1) is 0 Å². The first-order valence-electron chi connectivity index (χ1n) is 4.82. The van der Waals surface area contributed by atoms with Crippen LogP contribution in [0.1, 0.15) is 36.5 Å². The number of nitrogens with two attached hydrogens (primary N) is 1. The molecule has 0 saturated carbocycles. The number of hydrogen-bond acceptors (Lipinski definition) is 2. The number of nitrogens with one attached hydrogen (secondary N) is 2. The van der Waals surface area contributed by atoms with Gasteiger partial charge in [-0.25, -0.2) is 5.84 Å². The summed E-state index contributed by atoms with van der Waals surface area (Å²) in [5.74, 6) is 5.41. The molecule has 4 N–H and O–H groups in total. The molecule has 0 aliphatic heterocycles. The SMILES string of the molecule is CC(C)CCc1ccc(C(=O)NN)[nH]1. The van der Waals surface area contributed by atoms with E-state index in [9.17, 15) is 4.79 Å². The second kappa shape index (κ2) is 4.81. The number of hydrazine groups is 1. The zero-order valence-corrected chi connectivity index (χ0v) is 8.63. The van der Waals surface area contributed by atoms with E-state index in [4.69, 9.17) is 5.84 Å². The molecule has 0 spiro atoms. The van der Waals surface area contributed by atoms with E-state index in [1.807, 2.05) is 6.07 Å². The normalized spacial score (nSPS) is 10.6. The summed E-state index contributed by atoms with van der Waals surface area (Å²) in [6.45, 7) is 4.35. The van der Waals surface area contributed by atoms with Gasteiger partial charge in [0.15, 0.2) is 0 Å². The van der Waals surface area contributed by atoms with Gasteiger partial charge < -0.3 is 4.98 Å². The van der Waals surface area contributed by atoms with Crippen LogP contribution in [0.2, 0.25) is 0 Å². The van der Waals surface area contributed by atoms with Gasteiger partial charge in [-0.15, -0.1) is 0 Å². The van der Waals surface area contributed by atoms with Crippen molar-refractivity contribution in [1.82, 2.24) is 10.4 Å². The third-order valence-electron chi connectivity index (χ3n) is 2.11. The second-order valence-electron chi connectivity index (χ2n) is 3.80. The molecule has 4 heteroatoms. The molecule has 0 unspecified atom stereocenters. The molecule has 1 rings (SSSR count). The van der Waals surface area contributed by atoms with E-state index in [0.717, 1.165) is 18.5 Å². The third kappa shape index (κ3) is 2.88. The lowest BCUT2D eigenvalue weighted by atomic mass is 10.1. The third-order valence-corrected chi connectivity index (χ3v) is 2.11. The Kier molecular flexibility index (Phi) is 3.71. The monoisotopic (exact) mass is 195 g/mol. The molecule has 1 amide bonds. The minimum absolute atomic E-state index is 0.277. The van der Waals surface area contributed by atoms with Gasteiger partial charge in [0.25, 0.3) is 5.91 Å². The minimum atomic E-state index is -0.277. The van der Waals surface area contributed by atoms with Crippen LogP contribution in [0.4, 0.5) is 0 Å². The standard InChI is InChI=1S/C10H17N3O/c1-7(2)3-4-8-5-6-9(12-8)10(14)13-11/h5-7,12H,3-4,11H2,1-2H3,(H,13,14). The number of carbonyl (C=O) groups is 1. The number of amides is 1. The topological polar surface area (TPSA) is 70.9 Å². The average molecular weight is 195 g/mol. The van der Waals surface area contributed by atoms with Gasteiger partial charge in [-0.05, 0) is 30.9 Å². The van der Waals surface area contributed by atoms with E-state index in [-0.39, 0.29) is 5.91 Å². The maximum Gasteiger partial charge on any atom is 0.281 e. The van der Waals surface area contributed by atoms with Crippen molar-refractivity contribution in [2.75, 3.05) is 0 Å². The molecule has 0 aliphatic carbocycles. The van der Waals surface area contributed by atoms with E-state index in [0.29, 0.717) is 11.6 Å². The van der Waals surface area contributed by atoms with Crippen LogP contribution in [0, 0.1) is 5.92 Å². The number of aromatic amines is 1. The van der Waals surface area contributed by atoms with Gasteiger partial charge in [-0.2, -0.15) is 0 Å². The fourth-order valence-electron chi connectivity index (χ4n) is 1.24. The molecule has 1 heterocycles. The van der Waals surface area contributed by atoms with E-state index in [1.54, 1.807) is 6.07 Å². The van der Waals surface area contributed by atoms with Crippen LogP contribution in [-0.4, -0.2) is 10.9 Å². The van der Waals surface area contributed by atoms with Crippen molar-refractivity contribution in [2.24, 2.45) is 11.8 Å². The number of H-pyrrole nitrogens is 1. The van der Waals surface area contributed by atoms with Crippen molar-refractivity contribution in [3.8, 4) is 0 Å². The van der Waals surface area contributed by atoms with Crippen molar-refractivity contribution < 1.29 is 4.79 Å². The largest absolute Gasteiger partial charge is 0.354 e. The first kappa shape index (κ1) is 10.8. The van der Waals surface area contributed by atoms with Crippen molar-refractivity contribution in [3.63, 3.8) is 0 Å². The number of aromatic nitrogens is 1. The Morgan fingerprint density at radius 3 is 2.86 bits per heavy atom. The van der Waals surface area contributed by atoms with Crippen LogP contribution >= 0.6 is 0 Å². The highest BCUT2D eigenvalue weighted by Crippen LogP contribution is 2.08. The number of carbonyl (C=O) groups excluding carboxylic acids is 1. The molecular weight excluding hydrogens is 178 g/mol. The lowest BCUT2D eigenvalue weighted by Gasteiger charge is -2.02. The summed E-state index contributed by atoms with van der Waals surface area (Å²) < 4.78 is 0. The molecule has 1 aromatic rings. The highest BCUT2D eigenvalue weighted by molar-refractivity contribution is 5.91. The Hall–Kier alpha value is -1.29. The smallest absolute Gasteiger partial charge is 0.281 e. The zero-order valence-electron chi connectivity index (χ0n) is 8.63. The van der Waals surface area contributed by atoms with Crippen LogP contribution in [-0.2, 0) is 6.42 Å². The quantitative estimate of drug-likeness (QED) is 0.384. The van der Waals surface area contributed by atoms with Gasteiger partial charge >= 0.3 is 0 Å². The molecule has 4 nitrogen and oxygen atoms in total. The fraction of sp³-hybridized carbons (Fsp3) is 0.500. The molecule has 0 aliphatic rings. The van der Waals surface area contributed by atoms with Gasteiger partial charge in [0.2, 0.25) is 0 Å². The van der Waals surface area contributed by atoms with E-state index >= 15 is 0 Å². The Morgan fingerprint density at radius 1 is 1.57 bits per heavy atom. The van der Waals surface area contributed by atoms with Gasteiger partial charge in [0, 0.05) is 5.69 Å². The summed E-state index contributed by atoms with van der Waals surface area (Å²) in [5.41, 5.74) is 3.69. The summed E-state index contributed by atoms with van der Waals surface area (Å²) >= 11 is 0. The molecule has 0 atom stereocenters. The molecular formula is C10H17N3O. The minimum Gasteiger partial charge on any atom is -0.354 e. The van der Waals surface area contributed by atoms with Gasteiger partial charge in [-0.3, -0.25) is 10.2 Å². The molecule has 0 bridgehead atoms. The Balaban J connectivity index is 2.55. The van der Waals surface area contributed by atoms with Crippen LogP contribution in [0.15, 0.2) is 12.1 Å². The summed E-state index contributed by atoms with van der Waals surface area (Å²) in [6.07, 6.45) is 2.08. The summed E-state index contributed by atoms with van der Waals surface area (Å²) in [4.78, 5) is 14.1. The van der Waals surface area contributed by atoms with Crippen molar-refractivity contribution in [2.45, 2.75) is 26.7 Å². The second-order valence-corrected chi connectivity index (χ2v) is 3.80. The van der Waals surface area contributed by atoms with Crippen molar-refractivity contribution in [3.05, 3.63) is 23.5 Å². The Bertz CT molecular complexity index is 304. The number of nitrogen functional groups attached to an aromatic ring is 1. The molecule has 0 saturated heterocycles. The highest BCUT2D eigenvalue weighted by Gasteiger charge is 2.06. The molecule has 0 aromatic carbocycles. The van der Waals surface area contributed by atoms with Crippen LogP contribution < -0.4 is 11.3 Å². The van der Waals surface area contributed by atoms with E-state index < -0.39 is 0 Å². The fourth-order valence-corrected chi connectivity index (χ4v) is 1.24. The van der Waals surface area contributed by atoms with Crippen LogP contribution in [0.3, 0.4) is 0 Å². The van der Waals surface area contributed by atoms with Crippen LogP contribution in [0.25, 0.3) is 0 Å². The van der Waals surface area contributed by atoms with Gasteiger partial charge in [-0.1, -0.05) is 13.8 Å². The van der Waals surface area contributed by atoms with Gasteiger partial charge in [0.1, 0.15) is 5.69 Å². The molecule has 14 heavy (non-hydrogen) atoms. The molecule has 1 aromatic heterocycles. The molecule has 0 fully saturated rings. The first-order valence-corrected chi connectivity index (χ1v) is 4.82. The lowest BCUT2D eigenvalue weighted by Crippen LogP contribution is -2.30. The Morgan fingerprint density at radius 2 is 2.29 bits per heavy atom. The van der Waals surface area contributed by atoms with Crippen molar-refractivity contribution in [1.29, 1.82) is 0 Å². The summed E-state index contributed by atoms with van der Waals surface area (Å²) in [5, 5.41) is 0. The molecule has 78 valence electrons. The lowest BCUT2D eigenvalue weighted by molar-refractivity contribution is 0.0949.